The summed E-state index contributed by atoms with van der Waals surface area (Å²) in [6.45, 7) is 3.73. The van der Waals surface area contributed by atoms with E-state index in [1.54, 1.807) is 32.0 Å². The molecule has 2 amide bonds. The Morgan fingerprint density at radius 2 is 1.84 bits per heavy atom. The normalized spacial score (nSPS) is 11.9. The van der Waals surface area contributed by atoms with E-state index in [1.807, 2.05) is 12.1 Å². The number of hydrogen-bond acceptors (Lipinski definition) is 8. The minimum absolute atomic E-state index is 0.0147. The zero-order chi connectivity index (χ0) is 26.1. The van der Waals surface area contributed by atoms with Crippen molar-refractivity contribution in [3.63, 3.8) is 0 Å². The third-order valence-corrected chi connectivity index (χ3v) is 5.73. The lowest BCUT2D eigenvalue weighted by Gasteiger charge is -2.15. The molecule has 0 saturated heterocycles. The van der Waals surface area contributed by atoms with Crippen LogP contribution in [0.25, 0.3) is 16.9 Å². The average Bonchev–Trinajstić information content (AvgIpc) is 3.51. The number of nitrogens with one attached hydrogen (secondary N) is 2. The number of carboxylic acid groups (broad SMARTS) is 1. The fraction of sp³-hybridized carbons (Fsp3) is 0.160. The number of aryl methyl sites for hydroxylation is 1. The lowest BCUT2D eigenvalue weighted by Crippen LogP contribution is -2.30. The molecule has 0 aliphatic rings. The van der Waals surface area contributed by atoms with Gasteiger partial charge in [0.25, 0.3) is 17.6 Å². The Morgan fingerprint density at radius 1 is 1.05 bits per heavy atom. The van der Waals surface area contributed by atoms with Crippen molar-refractivity contribution >= 4 is 34.7 Å². The summed E-state index contributed by atoms with van der Waals surface area (Å²) in [4.78, 5) is 49.7. The van der Waals surface area contributed by atoms with Gasteiger partial charge in [0.15, 0.2) is 11.5 Å². The number of aromatic nitrogens is 5. The van der Waals surface area contributed by atoms with Crippen molar-refractivity contribution in [2.45, 2.75) is 26.4 Å². The van der Waals surface area contributed by atoms with E-state index < -0.39 is 23.8 Å². The molecule has 5 aromatic rings. The molecular formula is C25H21N7O5. The van der Waals surface area contributed by atoms with Crippen LogP contribution in [0.2, 0.25) is 0 Å². The molecule has 0 radical (unpaired) electrons. The van der Waals surface area contributed by atoms with Gasteiger partial charge < -0.3 is 20.2 Å². The smallest absolute Gasteiger partial charge is 0.335 e. The molecule has 0 fully saturated rings. The molecule has 37 heavy (non-hydrogen) atoms. The number of rotatable bonds is 7. The maximum absolute atomic E-state index is 13.1. The average molecular weight is 499 g/mol. The first-order valence-electron chi connectivity index (χ1n) is 11.3. The molecule has 0 aliphatic heterocycles. The highest BCUT2D eigenvalue weighted by Crippen LogP contribution is 2.17. The van der Waals surface area contributed by atoms with Crippen LogP contribution >= 0.6 is 0 Å². The number of nitrogens with zero attached hydrogens (tertiary/aromatic N) is 5. The minimum atomic E-state index is -1.03. The summed E-state index contributed by atoms with van der Waals surface area (Å²) in [6, 6.07) is 12.5. The molecular weight excluding hydrogens is 478 g/mol. The topological polar surface area (TPSA) is 165 Å². The van der Waals surface area contributed by atoms with Crippen LogP contribution in [0, 0.1) is 6.92 Å². The molecule has 1 atom stereocenters. The van der Waals surface area contributed by atoms with Gasteiger partial charge in [-0.2, -0.15) is 14.6 Å². The lowest BCUT2D eigenvalue weighted by atomic mass is 10.1. The molecule has 0 aliphatic carbocycles. The molecule has 2 aromatic carbocycles. The van der Waals surface area contributed by atoms with Crippen molar-refractivity contribution in [2.75, 3.05) is 0 Å². The van der Waals surface area contributed by atoms with Gasteiger partial charge in [0.05, 0.1) is 11.6 Å². The summed E-state index contributed by atoms with van der Waals surface area (Å²) in [7, 11) is 0. The molecule has 0 bridgehead atoms. The Bertz CT molecular complexity index is 1660. The van der Waals surface area contributed by atoms with Crippen LogP contribution in [0.3, 0.4) is 0 Å². The maximum Gasteiger partial charge on any atom is 0.335 e. The van der Waals surface area contributed by atoms with Crippen LogP contribution in [0.1, 0.15) is 61.3 Å². The van der Waals surface area contributed by atoms with Crippen LogP contribution in [0.15, 0.2) is 59.3 Å². The molecule has 3 N–H and O–H groups in total. The lowest BCUT2D eigenvalue weighted by molar-refractivity contribution is 0.0696. The van der Waals surface area contributed by atoms with Crippen LogP contribution in [0.4, 0.5) is 0 Å². The van der Waals surface area contributed by atoms with Crippen molar-refractivity contribution in [1.29, 1.82) is 0 Å². The van der Waals surface area contributed by atoms with Gasteiger partial charge in [-0.25, -0.2) is 14.8 Å². The SMILES string of the molecule is Cc1nc2cc(CNC(=O)c3cc(C(=O)N[C@@H](C)c4ccc(C(=O)O)cc4)nc4ncnn34)ccc2o1. The Balaban J connectivity index is 1.33. The number of carboxylic acids is 1. The molecule has 0 saturated carbocycles. The highest BCUT2D eigenvalue weighted by Gasteiger charge is 2.20. The number of carbonyl (C=O) groups excluding carboxylic acids is 2. The molecule has 0 unspecified atom stereocenters. The third-order valence-electron chi connectivity index (χ3n) is 5.73. The van der Waals surface area contributed by atoms with E-state index in [2.05, 4.69) is 30.7 Å². The number of benzene rings is 2. The van der Waals surface area contributed by atoms with E-state index in [9.17, 15) is 14.4 Å². The Morgan fingerprint density at radius 3 is 2.59 bits per heavy atom. The van der Waals surface area contributed by atoms with Crippen LogP contribution in [-0.2, 0) is 6.54 Å². The Kier molecular flexibility index (Phi) is 6.05. The van der Waals surface area contributed by atoms with E-state index in [0.717, 1.165) is 5.56 Å². The second-order valence-corrected chi connectivity index (χ2v) is 8.34. The van der Waals surface area contributed by atoms with E-state index in [-0.39, 0.29) is 29.3 Å². The van der Waals surface area contributed by atoms with Crippen molar-refractivity contribution in [1.82, 2.24) is 35.2 Å². The van der Waals surface area contributed by atoms with E-state index >= 15 is 0 Å². The minimum Gasteiger partial charge on any atom is -0.478 e. The predicted molar refractivity (Wildman–Crippen MR) is 130 cm³/mol. The van der Waals surface area contributed by atoms with E-state index in [4.69, 9.17) is 9.52 Å². The van der Waals surface area contributed by atoms with Gasteiger partial charge in [-0.1, -0.05) is 18.2 Å². The highest BCUT2D eigenvalue weighted by molar-refractivity contribution is 5.98. The first-order valence-corrected chi connectivity index (χ1v) is 11.3. The molecule has 3 aromatic heterocycles. The highest BCUT2D eigenvalue weighted by atomic mass is 16.4. The third kappa shape index (κ3) is 4.85. The first kappa shape index (κ1) is 23.6. The van der Waals surface area contributed by atoms with Crippen LogP contribution in [0.5, 0.6) is 0 Å². The van der Waals surface area contributed by atoms with E-state index in [1.165, 1.54) is 29.0 Å². The number of oxazole rings is 1. The van der Waals surface area contributed by atoms with Gasteiger partial charge >= 0.3 is 5.97 Å². The second-order valence-electron chi connectivity index (χ2n) is 8.34. The zero-order valence-electron chi connectivity index (χ0n) is 19.8. The van der Waals surface area contributed by atoms with Crippen molar-refractivity contribution in [2.24, 2.45) is 0 Å². The standard InChI is InChI=1S/C25H21N7O5/c1-13(16-4-6-17(7-5-16)24(35)36)29-22(33)19-10-20(32-25(31-19)27-12-28-32)23(34)26-11-15-3-8-21-18(9-15)30-14(2)37-21/h3-10,12-13H,11H2,1-2H3,(H,26,34)(H,29,33)(H,35,36)/t13-/m0/s1. The summed E-state index contributed by atoms with van der Waals surface area (Å²) >= 11 is 0. The van der Waals surface area contributed by atoms with Crippen molar-refractivity contribution in [3.8, 4) is 0 Å². The van der Waals surface area contributed by atoms with Gasteiger partial charge in [0.1, 0.15) is 23.2 Å². The fourth-order valence-corrected chi connectivity index (χ4v) is 3.83. The number of fused-ring (bicyclic) bond motifs is 2. The van der Waals surface area contributed by atoms with Gasteiger partial charge in [-0.3, -0.25) is 9.59 Å². The zero-order valence-corrected chi connectivity index (χ0v) is 19.8. The molecule has 12 nitrogen and oxygen atoms in total. The summed E-state index contributed by atoms with van der Waals surface area (Å²) in [5, 5.41) is 18.7. The van der Waals surface area contributed by atoms with Crippen LogP contribution < -0.4 is 10.6 Å². The number of hydrogen-bond donors (Lipinski definition) is 3. The predicted octanol–water partition coefficient (Wildman–Crippen LogP) is 2.69. The van der Waals surface area contributed by atoms with Gasteiger partial charge in [-0.15, -0.1) is 0 Å². The van der Waals surface area contributed by atoms with Crippen molar-refractivity contribution < 1.29 is 23.9 Å². The molecule has 3 heterocycles. The Hall–Kier alpha value is -5.13. The molecule has 5 rings (SSSR count). The number of carbonyl (C=O) groups is 3. The second kappa shape index (κ2) is 9.49. The largest absolute Gasteiger partial charge is 0.478 e. The summed E-state index contributed by atoms with van der Waals surface area (Å²) in [5.41, 5.74) is 3.10. The first-order chi connectivity index (χ1) is 17.8. The van der Waals surface area contributed by atoms with Gasteiger partial charge in [0.2, 0.25) is 0 Å². The monoisotopic (exact) mass is 499 g/mol. The fourth-order valence-electron chi connectivity index (χ4n) is 3.83. The Labute approximate surface area is 209 Å². The number of amides is 2. The van der Waals surface area contributed by atoms with Gasteiger partial charge in [-0.05, 0) is 42.3 Å². The summed E-state index contributed by atoms with van der Waals surface area (Å²) < 4.78 is 6.73. The number of aromatic carboxylic acids is 1. The molecule has 12 heteroatoms. The quantitative estimate of drug-likeness (QED) is 0.305. The summed E-state index contributed by atoms with van der Waals surface area (Å²) in [6.07, 6.45) is 1.24. The van der Waals surface area contributed by atoms with Gasteiger partial charge in [0, 0.05) is 19.5 Å². The van der Waals surface area contributed by atoms with Crippen molar-refractivity contribution in [3.05, 3.63) is 88.8 Å². The van der Waals surface area contributed by atoms with Crippen LogP contribution in [-0.4, -0.2) is 47.5 Å². The van der Waals surface area contributed by atoms with E-state index in [0.29, 0.717) is 22.6 Å². The summed E-state index contributed by atoms with van der Waals surface area (Å²) in [5.74, 6) is -1.38. The molecule has 186 valence electrons. The maximum atomic E-state index is 13.1. The molecule has 0 spiro atoms.